The summed E-state index contributed by atoms with van der Waals surface area (Å²) in [4.78, 5) is 0. The molecule has 0 spiro atoms. The Kier molecular flexibility index (Phi) is 8.20. The summed E-state index contributed by atoms with van der Waals surface area (Å²) in [6, 6.07) is 21.1. The van der Waals surface area contributed by atoms with Crippen LogP contribution in [0.2, 0.25) is 0 Å². The molecule has 0 aromatic heterocycles. The van der Waals surface area contributed by atoms with Crippen LogP contribution in [0.15, 0.2) is 60.7 Å². The highest BCUT2D eigenvalue weighted by Crippen LogP contribution is 2.42. The van der Waals surface area contributed by atoms with Crippen molar-refractivity contribution in [3.63, 3.8) is 0 Å². The van der Waals surface area contributed by atoms with Crippen molar-refractivity contribution in [1.82, 2.24) is 0 Å². The third-order valence-corrected chi connectivity index (χ3v) is 6.55. The van der Waals surface area contributed by atoms with E-state index in [2.05, 4.69) is 76.2 Å². The zero-order valence-corrected chi connectivity index (χ0v) is 20.9. The molecule has 0 amide bonds. The van der Waals surface area contributed by atoms with E-state index < -0.39 is 5.60 Å². The van der Waals surface area contributed by atoms with Crippen molar-refractivity contribution < 1.29 is 14.6 Å². The molecule has 3 heteroatoms. The second-order valence-electron chi connectivity index (χ2n) is 9.45. The number of benzene rings is 3. The van der Waals surface area contributed by atoms with Gasteiger partial charge < -0.3 is 14.6 Å². The number of aryl methyl sites for hydroxylation is 4. The minimum Gasteiger partial charge on any atom is -0.496 e. The average Bonchev–Trinajstić information content (AvgIpc) is 2.82. The minimum absolute atomic E-state index is 0.247. The molecule has 0 atom stereocenters. The van der Waals surface area contributed by atoms with Gasteiger partial charge in [0.2, 0.25) is 0 Å². The quantitative estimate of drug-likeness (QED) is 0.368. The fourth-order valence-corrected chi connectivity index (χ4v) is 4.40. The Balaban J connectivity index is 1.97. The lowest BCUT2D eigenvalue weighted by Crippen LogP contribution is -2.28. The van der Waals surface area contributed by atoms with Crippen molar-refractivity contribution in [3.05, 3.63) is 94.0 Å². The average molecular weight is 447 g/mol. The van der Waals surface area contributed by atoms with Crippen LogP contribution in [0, 0.1) is 13.8 Å². The molecule has 3 rings (SSSR count). The maximum absolute atomic E-state index is 12.1. The van der Waals surface area contributed by atoms with Gasteiger partial charge in [-0.15, -0.1) is 0 Å². The molecule has 0 unspecified atom stereocenters. The van der Waals surface area contributed by atoms with Gasteiger partial charge >= 0.3 is 0 Å². The van der Waals surface area contributed by atoms with Crippen LogP contribution in [0.25, 0.3) is 0 Å². The molecule has 3 aromatic rings. The number of aliphatic hydroxyl groups is 1. The summed E-state index contributed by atoms with van der Waals surface area (Å²) in [6.07, 6.45) is 2.83. The van der Waals surface area contributed by atoms with E-state index in [9.17, 15) is 5.11 Å². The molecule has 0 saturated heterocycles. The Labute approximate surface area is 199 Å². The van der Waals surface area contributed by atoms with Crippen LogP contribution in [-0.2, 0) is 18.4 Å². The molecule has 0 saturated carbocycles. The Morgan fingerprint density at radius 2 is 1.12 bits per heavy atom. The van der Waals surface area contributed by atoms with Crippen LogP contribution in [0.1, 0.15) is 66.0 Å². The molecule has 176 valence electrons. The monoisotopic (exact) mass is 446 g/mol. The molecule has 0 aliphatic carbocycles. The number of hydrogen-bond donors (Lipinski definition) is 1. The molecular weight excluding hydrogens is 408 g/mol. The Morgan fingerprint density at radius 1 is 0.727 bits per heavy atom. The Bertz CT molecular complexity index is 959. The van der Waals surface area contributed by atoms with Crippen molar-refractivity contribution in [3.8, 4) is 11.5 Å². The van der Waals surface area contributed by atoms with Gasteiger partial charge in [-0.05, 0) is 74.3 Å². The maximum Gasteiger partial charge on any atom is 0.126 e. The maximum atomic E-state index is 12.1. The van der Waals surface area contributed by atoms with Gasteiger partial charge in [-0.3, -0.25) is 0 Å². The predicted molar refractivity (Wildman–Crippen MR) is 137 cm³/mol. The van der Waals surface area contributed by atoms with Gasteiger partial charge in [-0.25, -0.2) is 0 Å². The van der Waals surface area contributed by atoms with Gasteiger partial charge in [0.15, 0.2) is 0 Å². The first kappa shape index (κ1) is 24.9. The smallest absolute Gasteiger partial charge is 0.126 e. The van der Waals surface area contributed by atoms with Crippen LogP contribution in [0.4, 0.5) is 0 Å². The van der Waals surface area contributed by atoms with Crippen molar-refractivity contribution in [1.29, 1.82) is 0 Å². The third-order valence-electron chi connectivity index (χ3n) is 6.55. The van der Waals surface area contributed by atoms with Crippen LogP contribution in [0.3, 0.4) is 0 Å². The molecule has 33 heavy (non-hydrogen) atoms. The van der Waals surface area contributed by atoms with E-state index in [0.29, 0.717) is 12.8 Å². The fraction of sp³-hybridized carbons (Fsp3) is 0.400. The van der Waals surface area contributed by atoms with E-state index in [1.165, 1.54) is 22.3 Å². The number of methoxy groups -OCH3 is 2. The third kappa shape index (κ3) is 6.17. The van der Waals surface area contributed by atoms with Crippen molar-refractivity contribution in [2.45, 2.75) is 64.9 Å². The van der Waals surface area contributed by atoms with Gasteiger partial charge in [0.25, 0.3) is 0 Å². The summed E-state index contributed by atoms with van der Waals surface area (Å²) in [5.74, 6) is 1.78. The molecule has 3 nitrogen and oxygen atoms in total. The normalized spacial score (nSPS) is 11.6. The van der Waals surface area contributed by atoms with Gasteiger partial charge in [-0.2, -0.15) is 0 Å². The van der Waals surface area contributed by atoms with Gasteiger partial charge in [0.1, 0.15) is 11.5 Å². The largest absolute Gasteiger partial charge is 0.496 e. The standard InChI is InChI=1S/C30H38O3/c1-21(2)29-27(32-5)19-26(20-28(29)33-6)30(31,17-15-24-11-7-22(3)8-12-24)18-16-25-13-9-23(4)10-14-25/h7-14,19-21,31H,15-18H2,1-6H3. The van der Waals surface area contributed by atoms with Crippen molar-refractivity contribution >= 4 is 0 Å². The molecule has 0 aliphatic heterocycles. The minimum atomic E-state index is -1.01. The molecule has 0 bridgehead atoms. The van der Waals surface area contributed by atoms with E-state index in [0.717, 1.165) is 35.5 Å². The lowest BCUT2D eigenvalue weighted by Gasteiger charge is -2.31. The zero-order chi connectivity index (χ0) is 24.0. The second-order valence-corrected chi connectivity index (χ2v) is 9.45. The SMILES string of the molecule is COc1cc(C(O)(CCc2ccc(C)cc2)CCc2ccc(C)cc2)cc(OC)c1C(C)C. The molecule has 1 N–H and O–H groups in total. The van der Waals surface area contributed by atoms with E-state index in [1.54, 1.807) is 14.2 Å². The highest BCUT2D eigenvalue weighted by Gasteiger charge is 2.31. The topological polar surface area (TPSA) is 38.7 Å². The number of rotatable bonds is 10. The summed E-state index contributed by atoms with van der Waals surface area (Å²) in [6.45, 7) is 8.44. The van der Waals surface area contributed by atoms with Crippen LogP contribution >= 0.6 is 0 Å². The lowest BCUT2D eigenvalue weighted by molar-refractivity contribution is 0.0185. The molecular formula is C30H38O3. The summed E-state index contributed by atoms with van der Waals surface area (Å²) >= 11 is 0. The van der Waals surface area contributed by atoms with Gasteiger partial charge in [-0.1, -0.05) is 73.5 Å². The van der Waals surface area contributed by atoms with Crippen molar-refractivity contribution in [2.75, 3.05) is 14.2 Å². The van der Waals surface area contributed by atoms with E-state index in [1.807, 2.05) is 12.1 Å². The summed E-state index contributed by atoms with van der Waals surface area (Å²) in [5.41, 5.74) is 5.81. The van der Waals surface area contributed by atoms with Gasteiger partial charge in [0.05, 0.1) is 19.8 Å². The highest BCUT2D eigenvalue weighted by molar-refractivity contribution is 5.51. The summed E-state index contributed by atoms with van der Waals surface area (Å²) in [5, 5.41) is 12.1. The molecule has 0 radical (unpaired) electrons. The molecule has 0 fully saturated rings. The van der Waals surface area contributed by atoms with Crippen LogP contribution < -0.4 is 9.47 Å². The lowest BCUT2D eigenvalue weighted by atomic mass is 9.81. The Morgan fingerprint density at radius 3 is 1.45 bits per heavy atom. The Hall–Kier alpha value is -2.78. The second kappa shape index (κ2) is 10.9. The molecule has 0 aliphatic rings. The summed E-state index contributed by atoms with van der Waals surface area (Å²) < 4.78 is 11.5. The van der Waals surface area contributed by atoms with Crippen LogP contribution in [0.5, 0.6) is 11.5 Å². The predicted octanol–water partition coefficient (Wildman–Crippen LogP) is 6.90. The first-order chi connectivity index (χ1) is 15.8. The van der Waals surface area contributed by atoms with Crippen molar-refractivity contribution in [2.24, 2.45) is 0 Å². The first-order valence-corrected chi connectivity index (χ1v) is 11.9. The number of hydrogen-bond acceptors (Lipinski definition) is 3. The van der Waals surface area contributed by atoms with E-state index in [4.69, 9.17) is 9.47 Å². The van der Waals surface area contributed by atoms with Crippen LogP contribution in [-0.4, -0.2) is 19.3 Å². The fourth-order valence-electron chi connectivity index (χ4n) is 4.40. The van der Waals surface area contributed by atoms with Gasteiger partial charge in [0, 0.05) is 5.56 Å². The first-order valence-electron chi connectivity index (χ1n) is 11.9. The number of ether oxygens (including phenoxy) is 2. The molecule has 0 heterocycles. The van der Waals surface area contributed by atoms with E-state index in [-0.39, 0.29) is 5.92 Å². The molecule has 3 aromatic carbocycles. The summed E-state index contributed by atoms with van der Waals surface area (Å²) in [7, 11) is 3.37. The van der Waals surface area contributed by atoms with E-state index >= 15 is 0 Å². The highest BCUT2D eigenvalue weighted by atomic mass is 16.5. The zero-order valence-electron chi connectivity index (χ0n) is 20.9.